The second-order valence-corrected chi connectivity index (χ2v) is 10.7. The molecule has 1 heterocycles. The summed E-state index contributed by atoms with van der Waals surface area (Å²) >= 11 is 0. The predicted molar refractivity (Wildman–Crippen MR) is 164 cm³/mol. The fourth-order valence-corrected chi connectivity index (χ4v) is 4.50. The largest absolute Gasteiger partial charge is 0.464 e. The molecule has 1 aromatic heterocycles. The highest BCUT2D eigenvalue weighted by atomic mass is 16.5. The topological polar surface area (TPSA) is 98.1 Å². The summed E-state index contributed by atoms with van der Waals surface area (Å²) in [5.74, 6) is -0.0611. The van der Waals surface area contributed by atoms with Crippen LogP contribution in [0.15, 0.2) is 108 Å². The van der Waals surface area contributed by atoms with Crippen LogP contribution in [0.2, 0.25) is 0 Å². The van der Waals surface area contributed by atoms with Gasteiger partial charge in [-0.2, -0.15) is 0 Å². The number of urea groups is 1. The van der Waals surface area contributed by atoms with Crippen molar-refractivity contribution in [3.63, 3.8) is 0 Å². The van der Waals surface area contributed by atoms with Crippen molar-refractivity contribution in [2.24, 2.45) is 5.92 Å². The first-order chi connectivity index (χ1) is 20.9. The van der Waals surface area contributed by atoms with Crippen LogP contribution in [0.25, 0.3) is 11.3 Å². The van der Waals surface area contributed by atoms with Crippen LogP contribution in [0.1, 0.15) is 37.0 Å². The molecule has 0 fully saturated rings. The maximum Gasteiger partial charge on any atom is 0.329 e. The fraction of sp³-hybridized carbons (Fsp3) is 0.286. The summed E-state index contributed by atoms with van der Waals surface area (Å²) in [5.41, 5.74) is 3.49. The SMILES string of the molecule is CC(C)CN(CCC(=O)OCc1ccccc1)C(=O)N[C@@H](Cc1ccc(-c2ccco2)cc1)C(=O)OCc1ccccc1. The summed E-state index contributed by atoms with van der Waals surface area (Å²) in [6.07, 6.45) is 1.88. The zero-order valence-electron chi connectivity index (χ0n) is 24.6. The lowest BCUT2D eigenvalue weighted by atomic mass is 10.0. The predicted octanol–water partition coefficient (Wildman–Crippen LogP) is 6.40. The first kappa shape index (κ1) is 31.1. The Morgan fingerprint density at radius 3 is 1.98 bits per heavy atom. The van der Waals surface area contributed by atoms with E-state index in [-0.39, 0.29) is 38.5 Å². The van der Waals surface area contributed by atoms with Crippen molar-refractivity contribution in [2.75, 3.05) is 13.1 Å². The molecule has 0 radical (unpaired) electrons. The Labute approximate surface area is 252 Å². The van der Waals surface area contributed by atoms with E-state index in [0.29, 0.717) is 6.54 Å². The van der Waals surface area contributed by atoms with Crippen molar-refractivity contribution < 1.29 is 28.3 Å². The molecule has 0 aliphatic rings. The van der Waals surface area contributed by atoms with E-state index in [9.17, 15) is 14.4 Å². The molecule has 0 aliphatic heterocycles. The molecule has 2 amide bonds. The Bertz CT molecular complexity index is 1420. The Hall–Kier alpha value is -4.85. The molecule has 8 nitrogen and oxygen atoms in total. The van der Waals surface area contributed by atoms with E-state index in [2.05, 4.69) is 5.32 Å². The summed E-state index contributed by atoms with van der Waals surface area (Å²) in [5, 5.41) is 2.87. The number of ether oxygens (including phenoxy) is 2. The Morgan fingerprint density at radius 2 is 1.40 bits per heavy atom. The monoisotopic (exact) mass is 582 g/mol. The first-order valence-electron chi connectivity index (χ1n) is 14.5. The van der Waals surface area contributed by atoms with Gasteiger partial charge in [-0.3, -0.25) is 4.79 Å². The summed E-state index contributed by atoms with van der Waals surface area (Å²) in [6, 6.07) is 28.7. The number of carbonyl (C=O) groups is 3. The van der Waals surface area contributed by atoms with Gasteiger partial charge in [0.15, 0.2) is 0 Å². The average molecular weight is 583 g/mol. The number of hydrogen-bond acceptors (Lipinski definition) is 6. The summed E-state index contributed by atoms with van der Waals surface area (Å²) < 4.78 is 16.5. The maximum atomic E-state index is 13.5. The highest BCUT2D eigenvalue weighted by Gasteiger charge is 2.26. The molecule has 8 heteroatoms. The van der Waals surface area contributed by atoms with E-state index >= 15 is 0 Å². The van der Waals surface area contributed by atoms with Crippen LogP contribution in [-0.2, 0) is 38.7 Å². The van der Waals surface area contributed by atoms with Crippen LogP contribution in [0.3, 0.4) is 0 Å². The van der Waals surface area contributed by atoms with E-state index < -0.39 is 24.0 Å². The van der Waals surface area contributed by atoms with Gasteiger partial charge < -0.3 is 24.1 Å². The molecule has 0 saturated heterocycles. The molecule has 1 atom stereocenters. The van der Waals surface area contributed by atoms with Gasteiger partial charge in [0.1, 0.15) is 25.0 Å². The molecule has 3 aromatic carbocycles. The molecule has 0 unspecified atom stereocenters. The van der Waals surface area contributed by atoms with Crippen LogP contribution in [-0.4, -0.2) is 42.0 Å². The molecule has 4 rings (SSSR count). The minimum atomic E-state index is -0.939. The summed E-state index contributed by atoms with van der Waals surface area (Å²) in [6.45, 7) is 4.79. The normalized spacial score (nSPS) is 11.5. The Kier molecular flexibility index (Phi) is 11.5. The number of carbonyl (C=O) groups excluding carboxylic acids is 3. The van der Waals surface area contributed by atoms with Crippen molar-refractivity contribution in [2.45, 2.75) is 45.9 Å². The second kappa shape index (κ2) is 16.0. The Morgan fingerprint density at radius 1 is 0.767 bits per heavy atom. The molecule has 0 aliphatic carbocycles. The molecule has 224 valence electrons. The fourth-order valence-electron chi connectivity index (χ4n) is 4.50. The summed E-state index contributed by atoms with van der Waals surface area (Å²) in [4.78, 5) is 40.8. The van der Waals surface area contributed by atoms with Gasteiger partial charge in [0.2, 0.25) is 0 Å². The van der Waals surface area contributed by atoms with Crippen molar-refractivity contribution in [1.29, 1.82) is 0 Å². The number of nitrogens with zero attached hydrogens (tertiary/aromatic N) is 1. The average Bonchev–Trinajstić information content (AvgIpc) is 3.57. The van der Waals surface area contributed by atoms with Crippen LogP contribution in [0, 0.1) is 5.92 Å². The van der Waals surface area contributed by atoms with Crippen LogP contribution in [0.4, 0.5) is 4.79 Å². The maximum absolute atomic E-state index is 13.5. The van der Waals surface area contributed by atoms with Gasteiger partial charge in [0.25, 0.3) is 0 Å². The Balaban J connectivity index is 1.42. The molecule has 4 aromatic rings. The molecule has 0 spiro atoms. The van der Waals surface area contributed by atoms with Crippen molar-refractivity contribution >= 4 is 18.0 Å². The second-order valence-electron chi connectivity index (χ2n) is 10.7. The zero-order chi connectivity index (χ0) is 30.4. The number of esters is 2. The molecule has 1 N–H and O–H groups in total. The third-order valence-electron chi connectivity index (χ3n) is 6.71. The lowest BCUT2D eigenvalue weighted by Gasteiger charge is -2.27. The van der Waals surface area contributed by atoms with Crippen molar-refractivity contribution in [3.05, 3.63) is 120 Å². The van der Waals surface area contributed by atoms with Crippen LogP contribution in [0.5, 0.6) is 0 Å². The third kappa shape index (κ3) is 10.2. The minimum Gasteiger partial charge on any atom is -0.464 e. The van der Waals surface area contributed by atoms with Gasteiger partial charge >= 0.3 is 18.0 Å². The van der Waals surface area contributed by atoms with Crippen LogP contribution < -0.4 is 5.32 Å². The highest BCUT2D eigenvalue weighted by molar-refractivity contribution is 5.84. The van der Waals surface area contributed by atoms with Gasteiger partial charge in [0, 0.05) is 25.1 Å². The van der Waals surface area contributed by atoms with Crippen LogP contribution >= 0.6 is 0 Å². The number of benzene rings is 3. The van der Waals surface area contributed by atoms with Crippen molar-refractivity contribution in [1.82, 2.24) is 10.2 Å². The van der Waals surface area contributed by atoms with Gasteiger partial charge in [0.05, 0.1) is 12.7 Å². The minimum absolute atomic E-state index is 0.0321. The van der Waals surface area contributed by atoms with E-state index in [1.807, 2.05) is 111 Å². The third-order valence-corrected chi connectivity index (χ3v) is 6.71. The number of nitrogens with one attached hydrogen (secondary N) is 1. The molecule has 0 saturated carbocycles. The number of furan rings is 1. The van der Waals surface area contributed by atoms with E-state index in [4.69, 9.17) is 13.9 Å². The van der Waals surface area contributed by atoms with Gasteiger partial charge in [-0.25, -0.2) is 9.59 Å². The van der Waals surface area contributed by atoms with E-state index in [1.165, 1.54) is 0 Å². The van der Waals surface area contributed by atoms with Gasteiger partial charge in [-0.15, -0.1) is 0 Å². The summed E-state index contributed by atoms with van der Waals surface area (Å²) in [7, 11) is 0. The number of rotatable bonds is 14. The highest BCUT2D eigenvalue weighted by Crippen LogP contribution is 2.21. The van der Waals surface area contributed by atoms with E-state index in [0.717, 1.165) is 28.0 Å². The zero-order valence-corrected chi connectivity index (χ0v) is 24.6. The number of amides is 2. The quantitative estimate of drug-likeness (QED) is 0.173. The molecule has 43 heavy (non-hydrogen) atoms. The standard InChI is InChI=1S/C35H38N2O6/c1-26(2)23-37(20-19-33(38)42-24-28-10-5-3-6-11-28)35(40)36-31(34(39)43-25-29-12-7-4-8-13-29)22-27-15-17-30(18-16-27)32-14-9-21-41-32/h3-18,21,26,31H,19-20,22-25H2,1-2H3,(H,36,40)/t31-/m0/s1. The van der Waals surface area contributed by atoms with E-state index in [1.54, 1.807) is 11.2 Å². The smallest absolute Gasteiger partial charge is 0.329 e. The molecular weight excluding hydrogens is 544 g/mol. The first-order valence-corrected chi connectivity index (χ1v) is 14.5. The molecular formula is C35H38N2O6. The van der Waals surface area contributed by atoms with Gasteiger partial charge in [-0.1, -0.05) is 98.8 Å². The molecule has 0 bridgehead atoms. The lowest BCUT2D eigenvalue weighted by molar-refractivity contribution is -0.147. The van der Waals surface area contributed by atoms with Crippen molar-refractivity contribution in [3.8, 4) is 11.3 Å². The lowest BCUT2D eigenvalue weighted by Crippen LogP contribution is -2.50. The van der Waals surface area contributed by atoms with Gasteiger partial charge in [-0.05, 0) is 34.7 Å². The number of hydrogen-bond donors (Lipinski definition) is 1.